The highest BCUT2D eigenvalue weighted by Gasteiger charge is 2.40. The molecule has 1 aliphatic heterocycles. The minimum absolute atomic E-state index is 0.0804. The number of aromatic nitrogens is 3. The molecule has 190 valence electrons. The van der Waals surface area contributed by atoms with E-state index >= 15 is 0 Å². The number of rotatable bonds is 2. The lowest BCUT2D eigenvalue weighted by molar-refractivity contribution is -0.136. The molecule has 1 saturated heterocycles. The summed E-state index contributed by atoms with van der Waals surface area (Å²) in [6, 6.07) is 7.65. The van der Waals surface area contributed by atoms with E-state index in [0.717, 1.165) is 6.20 Å². The Hall–Kier alpha value is -3.81. The number of piperazine rings is 1. The van der Waals surface area contributed by atoms with Gasteiger partial charge in [-0.1, -0.05) is 6.07 Å². The van der Waals surface area contributed by atoms with Crippen LogP contribution in [0.4, 0.5) is 23.8 Å². The number of halogens is 3. The number of ether oxygens (including phenoxy) is 1. The highest BCUT2D eigenvalue weighted by atomic mass is 19.4. The van der Waals surface area contributed by atoms with Gasteiger partial charge in [-0.3, -0.25) is 0 Å². The third-order valence-corrected chi connectivity index (χ3v) is 6.01. The smallest absolute Gasteiger partial charge is 0.418 e. The van der Waals surface area contributed by atoms with Gasteiger partial charge in [-0.05, 0) is 52.8 Å². The van der Waals surface area contributed by atoms with Crippen LogP contribution < -0.4 is 4.90 Å². The van der Waals surface area contributed by atoms with Crippen molar-refractivity contribution >= 4 is 22.9 Å². The summed E-state index contributed by atoms with van der Waals surface area (Å²) in [6.45, 7) is 9.52. The SMILES string of the molecule is C[C@@H]1CN(c2ncnc3c2c(C(F)(F)F)cn3-c2cccc(C#N)c2)[C@@H](C)CN1C(=O)OC(C)(C)C. The van der Waals surface area contributed by atoms with Crippen molar-refractivity contribution in [1.82, 2.24) is 19.4 Å². The fourth-order valence-corrected chi connectivity index (χ4v) is 4.40. The maximum absolute atomic E-state index is 14.2. The highest BCUT2D eigenvalue weighted by molar-refractivity contribution is 5.93. The average molecular weight is 501 g/mol. The Morgan fingerprint density at radius 1 is 1.14 bits per heavy atom. The van der Waals surface area contributed by atoms with Gasteiger partial charge >= 0.3 is 12.3 Å². The van der Waals surface area contributed by atoms with E-state index in [4.69, 9.17) is 4.74 Å². The summed E-state index contributed by atoms with van der Waals surface area (Å²) >= 11 is 0. The van der Waals surface area contributed by atoms with Crippen LogP contribution in [0.2, 0.25) is 0 Å². The number of anilines is 1. The maximum Gasteiger partial charge on any atom is 0.418 e. The fraction of sp³-hybridized carbons (Fsp3) is 0.440. The molecule has 1 aliphatic rings. The van der Waals surface area contributed by atoms with Crippen LogP contribution in [0.5, 0.6) is 0 Å². The molecule has 3 heterocycles. The van der Waals surface area contributed by atoms with E-state index in [2.05, 4.69) is 9.97 Å². The van der Waals surface area contributed by atoms with E-state index in [-0.39, 0.29) is 42.0 Å². The second kappa shape index (κ2) is 9.00. The number of alkyl halides is 3. The highest BCUT2D eigenvalue weighted by Crippen LogP contribution is 2.41. The Labute approximate surface area is 206 Å². The number of benzene rings is 1. The summed E-state index contributed by atoms with van der Waals surface area (Å²) in [5.41, 5.74) is -0.751. The normalized spacial score (nSPS) is 18.9. The Balaban J connectivity index is 1.79. The molecule has 4 rings (SSSR count). The predicted octanol–water partition coefficient (Wildman–Crippen LogP) is 5.15. The number of nitrogens with zero attached hydrogens (tertiary/aromatic N) is 6. The average Bonchev–Trinajstić information content (AvgIpc) is 3.20. The van der Waals surface area contributed by atoms with Gasteiger partial charge in [0, 0.05) is 37.1 Å². The Morgan fingerprint density at radius 2 is 1.86 bits per heavy atom. The molecule has 36 heavy (non-hydrogen) atoms. The molecule has 0 saturated carbocycles. The largest absolute Gasteiger partial charge is 0.444 e. The van der Waals surface area contributed by atoms with Crippen LogP contribution in [0.15, 0.2) is 36.8 Å². The van der Waals surface area contributed by atoms with Gasteiger partial charge in [-0.2, -0.15) is 18.4 Å². The van der Waals surface area contributed by atoms with Gasteiger partial charge in [0.05, 0.1) is 22.6 Å². The van der Waals surface area contributed by atoms with Crippen molar-refractivity contribution in [2.24, 2.45) is 0 Å². The number of hydrogen-bond donors (Lipinski definition) is 0. The molecule has 0 radical (unpaired) electrons. The first kappa shape index (κ1) is 25.3. The molecule has 3 aromatic rings. The van der Waals surface area contributed by atoms with Gasteiger partial charge in [0.15, 0.2) is 5.65 Å². The predicted molar refractivity (Wildman–Crippen MR) is 128 cm³/mol. The van der Waals surface area contributed by atoms with Crippen LogP contribution in [0, 0.1) is 11.3 Å². The third kappa shape index (κ3) is 4.80. The summed E-state index contributed by atoms with van der Waals surface area (Å²) in [4.78, 5) is 24.5. The zero-order valence-electron chi connectivity index (χ0n) is 20.7. The molecule has 0 unspecified atom stereocenters. The van der Waals surface area contributed by atoms with Crippen molar-refractivity contribution in [1.29, 1.82) is 5.26 Å². The van der Waals surface area contributed by atoms with Crippen LogP contribution in [-0.2, 0) is 10.9 Å². The number of nitriles is 1. The minimum Gasteiger partial charge on any atom is -0.444 e. The molecule has 1 aromatic carbocycles. The van der Waals surface area contributed by atoms with E-state index < -0.39 is 23.4 Å². The van der Waals surface area contributed by atoms with Crippen LogP contribution in [0.3, 0.4) is 0 Å². The summed E-state index contributed by atoms with van der Waals surface area (Å²) < 4.78 is 49.5. The Kier molecular flexibility index (Phi) is 6.32. The van der Waals surface area contributed by atoms with E-state index in [0.29, 0.717) is 11.3 Å². The van der Waals surface area contributed by atoms with E-state index in [9.17, 15) is 23.2 Å². The molecule has 8 nitrogen and oxygen atoms in total. The van der Waals surface area contributed by atoms with Gasteiger partial charge in [0.1, 0.15) is 17.7 Å². The lowest BCUT2D eigenvalue weighted by atomic mass is 10.1. The molecule has 2 aromatic heterocycles. The van der Waals surface area contributed by atoms with Crippen molar-refractivity contribution in [2.75, 3.05) is 18.0 Å². The number of carbonyl (C=O) groups is 1. The monoisotopic (exact) mass is 500 g/mol. The second-order valence-corrected chi connectivity index (χ2v) is 9.95. The summed E-state index contributed by atoms with van der Waals surface area (Å²) in [7, 11) is 0. The summed E-state index contributed by atoms with van der Waals surface area (Å²) in [5.74, 6) is 0.144. The lowest BCUT2D eigenvalue weighted by Gasteiger charge is -2.44. The van der Waals surface area contributed by atoms with Crippen molar-refractivity contribution in [3.8, 4) is 11.8 Å². The Bertz CT molecular complexity index is 1340. The molecule has 0 spiro atoms. The zero-order valence-corrected chi connectivity index (χ0v) is 20.7. The van der Waals surface area contributed by atoms with E-state index in [1.807, 2.05) is 19.9 Å². The molecule has 0 bridgehead atoms. The molecular weight excluding hydrogens is 473 g/mol. The van der Waals surface area contributed by atoms with Crippen LogP contribution in [0.1, 0.15) is 45.7 Å². The van der Waals surface area contributed by atoms with Gasteiger partial charge in [0.2, 0.25) is 0 Å². The molecule has 0 N–H and O–H groups in total. The fourth-order valence-electron chi connectivity index (χ4n) is 4.40. The standard InChI is InChI=1S/C25H27F3N6O2/c1-15-12-33(23(35)36-24(3,4)5)16(2)11-32(15)21-20-19(25(26,27)28)13-34(22(20)31-14-30-21)18-8-6-7-17(9-18)10-29/h6-9,13-16H,11-12H2,1-5H3/t15-,16+/m0/s1. The van der Waals surface area contributed by atoms with E-state index in [1.54, 1.807) is 48.8 Å². The maximum atomic E-state index is 14.2. The van der Waals surface area contributed by atoms with Crippen LogP contribution in [-0.4, -0.2) is 56.3 Å². The quantitative estimate of drug-likeness (QED) is 0.484. The molecule has 0 aliphatic carbocycles. The minimum atomic E-state index is -4.66. The number of hydrogen-bond acceptors (Lipinski definition) is 6. The first-order valence-corrected chi connectivity index (χ1v) is 11.5. The van der Waals surface area contributed by atoms with Crippen molar-refractivity contribution in [3.05, 3.63) is 47.9 Å². The van der Waals surface area contributed by atoms with Crippen molar-refractivity contribution < 1.29 is 22.7 Å². The van der Waals surface area contributed by atoms with E-state index in [1.165, 1.54) is 17.0 Å². The topological polar surface area (TPSA) is 87.3 Å². The van der Waals surface area contributed by atoms with Crippen molar-refractivity contribution in [3.63, 3.8) is 0 Å². The first-order valence-electron chi connectivity index (χ1n) is 11.5. The lowest BCUT2D eigenvalue weighted by Crippen LogP contribution is -2.59. The van der Waals surface area contributed by atoms with Crippen molar-refractivity contribution in [2.45, 2.75) is 58.5 Å². The molecule has 1 fully saturated rings. The first-order chi connectivity index (χ1) is 16.8. The van der Waals surface area contributed by atoms with Crippen LogP contribution >= 0.6 is 0 Å². The molecular formula is C25H27F3N6O2. The Morgan fingerprint density at radius 3 is 2.50 bits per heavy atom. The molecule has 1 amide bonds. The van der Waals surface area contributed by atoms with Gasteiger partial charge in [-0.25, -0.2) is 14.8 Å². The summed E-state index contributed by atoms with van der Waals surface area (Å²) in [6.07, 6.45) is -2.90. The number of fused-ring (bicyclic) bond motifs is 1. The summed E-state index contributed by atoms with van der Waals surface area (Å²) in [5, 5.41) is 9.11. The van der Waals surface area contributed by atoms with Gasteiger partial charge in [0.25, 0.3) is 0 Å². The zero-order chi connectivity index (χ0) is 26.4. The van der Waals surface area contributed by atoms with Gasteiger partial charge < -0.3 is 19.1 Å². The third-order valence-electron chi connectivity index (χ3n) is 6.01. The number of carbonyl (C=O) groups excluding carboxylic acids is 1. The molecule has 11 heteroatoms. The second-order valence-electron chi connectivity index (χ2n) is 9.95. The van der Waals surface area contributed by atoms with Gasteiger partial charge in [-0.15, -0.1) is 0 Å². The van der Waals surface area contributed by atoms with Crippen LogP contribution in [0.25, 0.3) is 16.7 Å². The number of amides is 1. The molecule has 2 atom stereocenters.